The summed E-state index contributed by atoms with van der Waals surface area (Å²) in [6.07, 6.45) is 3.70. The summed E-state index contributed by atoms with van der Waals surface area (Å²) >= 11 is 0. The van der Waals surface area contributed by atoms with Crippen molar-refractivity contribution in [2.45, 2.75) is 44.2 Å². The van der Waals surface area contributed by atoms with Gasteiger partial charge in [0.05, 0.1) is 12.6 Å². The van der Waals surface area contributed by atoms with E-state index in [0.717, 1.165) is 16.5 Å². The van der Waals surface area contributed by atoms with Crippen molar-refractivity contribution in [3.8, 4) is 5.75 Å². The third-order valence-corrected chi connectivity index (χ3v) is 5.99. The molecular weight excluding hydrogens is 409 g/mol. The summed E-state index contributed by atoms with van der Waals surface area (Å²) in [6.45, 7) is 0.378. The second-order valence-electron chi connectivity index (χ2n) is 8.28. The molecule has 2 N–H and O–H groups in total. The molecule has 2 amide bonds. The van der Waals surface area contributed by atoms with E-state index in [-0.39, 0.29) is 24.1 Å². The number of carbonyl (C=O) groups excluding carboxylic acids is 2. The van der Waals surface area contributed by atoms with E-state index in [1.54, 1.807) is 18.3 Å². The van der Waals surface area contributed by atoms with Crippen LogP contribution in [-0.2, 0) is 22.6 Å². The molecule has 0 saturated carbocycles. The second kappa shape index (κ2) is 9.34. The Hall–Kier alpha value is -3.48. The van der Waals surface area contributed by atoms with E-state index in [1.807, 2.05) is 30.3 Å². The van der Waals surface area contributed by atoms with Crippen LogP contribution in [0.4, 0.5) is 4.39 Å². The van der Waals surface area contributed by atoms with Crippen molar-refractivity contribution in [2.24, 2.45) is 0 Å². The largest absolute Gasteiger partial charge is 0.497 e. The Labute approximate surface area is 186 Å². The predicted octanol–water partition coefficient (Wildman–Crippen LogP) is 3.67. The van der Waals surface area contributed by atoms with Crippen LogP contribution in [0.3, 0.4) is 0 Å². The first kappa shape index (κ1) is 21.7. The maximum Gasteiger partial charge on any atom is 0.220 e. The van der Waals surface area contributed by atoms with Gasteiger partial charge in [0.1, 0.15) is 11.6 Å². The molecule has 7 heteroatoms. The molecule has 1 fully saturated rings. The first-order chi connectivity index (χ1) is 15.5. The number of benzene rings is 2. The molecule has 0 spiro atoms. The summed E-state index contributed by atoms with van der Waals surface area (Å²) in [5.41, 5.74) is 1.69. The Balaban J connectivity index is 1.37. The van der Waals surface area contributed by atoms with Gasteiger partial charge in [-0.3, -0.25) is 14.6 Å². The SMILES string of the molecule is COc1ccc(CC2(CCC(=O)NCc3cnc4ccccc4c3)CCC(=O)N2)c(F)c1. The van der Waals surface area contributed by atoms with Crippen molar-refractivity contribution < 1.29 is 18.7 Å². The van der Waals surface area contributed by atoms with Crippen LogP contribution in [0.15, 0.2) is 54.7 Å². The lowest BCUT2D eigenvalue weighted by Crippen LogP contribution is -2.44. The minimum atomic E-state index is -0.631. The topological polar surface area (TPSA) is 80.3 Å². The standard InChI is InChI=1S/C25H26FN3O3/c1-32-20-7-6-19(21(26)13-20)14-25(11-9-24(31)29-25)10-8-23(30)28-16-17-12-18-4-2-3-5-22(18)27-15-17/h2-7,12-13,15H,8-11,14,16H2,1H3,(H,28,30)(H,29,31). The summed E-state index contributed by atoms with van der Waals surface area (Å²) in [4.78, 5) is 28.9. The highest BCUT2D eigenvalue weighted by atomic mass is 19.1. The Bertz CT molecular complexity index is 1150. The van der Waals surface area contributed by atoms with Gasteiger partial charge in [0.15, 0.2) is 0 Å². The lowest BCUT2D eigenvalue weighted by Gasteiger charge is -2.29. The number of carbonyl (C=O) groups is 2. The minimum Gasteiger partial charge on any atom is -0.497 e. The molecule has 1 aliphatic rings. The molecule has 6 nitrogen and oxygen atoms in total. The van der Waals surface area contributed by atoms with E-state index in [2.05, 4.69) is 15.6 Å². The molecular formula is C25H26FN3O3. The smallest absolute Gasteiger partial charge is 0.220 e. The average molecular weight is 435 g/mol. The van der Waals surface area contributed by atoms with Crippen LogP contribution in [-0.4, -0.2) is 29.4 Å². The lowest BCUT2D eigenvalue weighted by molar-refractivity contribution is -0.122. The zero-order valence-corrected chi connectivity index (χ0v) is 18.0. The minimum absolute atomic E-state index is 0.0680. The Kier molecular flexibility index (Phi) is 6.35. The maximum absolute atomic E-state index is 14.5. The fourth-order valence-electron chi connectivity index (χ4n) is 4.20. The first-order valence-electron chi connectivity index (χ1n) is 10.7. The van der Waals surface area contributed by atoms with Gasteiger partial charge in [0, 0.05) is 42.6 Å². The van der Waals surface area contributed by atoms with Crippen molar-refractivity contribution in [1.29, 1.82) is 0 Å². The zero-order valence-electron chi connectivity index (χ0n) is 18.0. The summed E-state index contributed by atoms with van der Waals surface area (Å²) in [7, 11) is 1.49. The summed E-state index contributed by atoms with van der Waals surface area (Å²) in [5, 5.41) is 6.94. The van der Waals surface area contributed by atoms with Crippen molar-refractivity contribution in [2.75, 3.05) is 7.11 Å². The normalized spacial score (nSPS) is 17.9. The molecule has 1 unspecified atom stereocenters. The predicted molar refractivity (Wildman–Crippen MR) is 120 cm³/mol. The van der Waals surface area contributed by atoms with Gasteiger partial charge < -0.3 is 15.4 Å². The molecule has 4 rings (SSSR count). The average Bonchev–Trinajstić information content (AvgIpc) is 3.18. The number of para-hydroxylation sites is 1. The van der Waals surface area contributed by atoms with Crippen molar-refractivity contribution >= 4 is 22.7 Å². The van der Waals surface area contributed by atoms with E-state index in [4.69, 9.17) is 4.74 Å². The van der Waals surface area contributed by atoms with Gasteiger partial charge >= 0.3 is 0 Å². The molecule has 166 valence electrons. The van der Waals surface area contributed by atoms with E-state index < -0.39 is 5.54 Å². The molecule has 1 saturated heterocycles. The van der Waals surface area contributed by atoms with E-state index in [9.17, 15) is 14.0 Å². The number of aromatic nitrogens is 1. The molecule has 2 heterocycles. The van der Waals surface area contributed by atoms with Gasteiger partial charge in [-0.15, -0.1) is 0 Å². The molecule has 32 heavy (non-hydrogen) atoms. The quantitative estimate of drug-likeness (QED) is 0.566. The molecule has 2 aromatic carbocycles. The highest BCUT2D eigenvalue weighted by Gasteiger charge is 2.38. The summed E-state index contributed by atoms with van der Waals surface area (Å²) in [6, 6.07) is 14.5. The Morgan fingerprint density at radius 2 is 2.09 bits per heavy atom. The van der Waals surface area contributed by atoms with Gasteiger partial charge in [-0.2, -0.15) is 0 Å². The van der Waals surface area contributed by atoms with Crippen LogP contribution < -0.4 is 15.4 Å². The van der Waals surface area contributed by atoms with Gasteiger partial charge in [-0.25, -0.2) is 4.39 Å². The number of nitrogens with zero attached hydrogens (tertiary/aromatic N) is 1. The summed E-state index contributed by atoms with van der Waals surface area (Å²) in [5.74, 6) is -0.119. The lowest BCUT2D eigenvalue weighted by atomic mass is 9.84. The van der Waals surface area contributed by atoms with E-state index >= 15 is 0 Å². The Morgan fingerprint density at radius 1 is 1.25 bits per heavy atom. The Morgan fingerprint density at radius 3 is 2.84 bits per heavy atom. The number of rotatable bonds is 8. The summed E-state index contributed by atoms with van der Waals surface area (Å²) < 4.78 is 19.6. The fraction of sp³-hybridized carbons (Fsp3) is 0.320. The van der Waals surface area contributed by atoms with Crippen molar-refractivity contribution in [3.05, 3.63) is 71.7 Å². The van der Waals surface area contributed by atoms with Crippen LogP contribution in [0, 0.1) is 5.82 Å². The molecule has 1 atom stereocenters. The molecule has 1 aliphatic heterocycles. The number of pyridine rings is 1. The fourth-order valence-corrected chi connectivity index (χ4v) is 4.20. The number of fused-ring (bicyclic) bond motifs is 1. The number of halogens is 1. The van der Waals surface area contributed by atoms with Crippen LogP contribution in [0.25, 0.3) is 10.9 Å². The maximum atomic E-state index is 14.5. The van der Waals surface area contributed by atoms with Gasteiger partial charge in [-0.05, 0) is 48.6 Å². The van der Waals surface area contributed by atoms with Gasteiger partial charge in [0.25, 0.3) is 0 Å². The number of nitrogens with one attached hydrogen (secondary N) is 2. The van der Waals surface area contributed by atoms with E-state index in [1.165, 1.54) is 13.2 Å². The van der Waals surface area contributed by atoms with E-state index in [0.29, 0.717) is 43.5 Å². The van der Waals surface area contributed by atoms with Crippen molar-refractivity contribution in [3.63, 3.8) is 0 Å². The highest BCUT2D eigenvalue weighted by molar-refractivity contribution is 5.81. The third-order valence-electron chi connectivity index (χ3n) is 5.99. The molecule has 1 aromatic heterocycles. The van der Waals surface area contributed by atoms with Crippen LogP contribution in [0.5, 0.6) is 5.75 Å². The number of methoxy groups -OCH3 is 1. The third kappa shape index (κ3) is 5.04. The van der Waals surface area contributed by atoms with Crippen molar-refractivity contribution in [1.82, 2.24) is 15.6 Å². The zero-order chi connectivity index (χ0) is 22.6. The number of hydrogen-bond donors (Lipinski definition) is 2. The molecule has 0 radical (unpaired) electrons. The van der Waals surface area contributed by atoms with Crippen LogP contribution in [0.2, 0.25) is 0 Å². The number of amides is 2. The van der Waals surface area contributed by atoms with Crippen LogP contribution >= 0.6 is 0 Å². The second-order valence-corrected chi connectivity index (χ2v) is 8.28. The number of ether oxygens (including phenoxy) is 1. The number of hydrogen-bond acceptors (Lipinski definition) is 4. The monoisotopic (exact) mass is 435 g/mol. The highest BCUT2D eigenvalue weighted by Crippen LogP contribution is 2.31. The molecule has 3 aromatic rings. The van der Waals surface area contributed by atoms with Crippen LogP contribution in [0.1, 0.15) is 36.8 Å². The molecule has 0 aliphatic carbocycles. The first-order valence-corrected chi connectivity index (χ1v) is 10.7. The van der Waals surface area contributed by atoms with Gasteiger partial charge in [-0.1, -0.05) is 24.3 Å². The molecule has 0 bridgehead atoms. The van der Waals surface area contributed by atoms with Gasteiger partial charge in [0.2, 0.25) is 11.8 Å².